The minimum absolute atomic E-state index is 0.103. The van der Waals surface area contributed by atoms with E-state index in [9.17, 15) is 22.8 Å². The van der Waals surface area contributed by atoms with Crippen LogP contribution >= 0.6 is 0 Å². The number of hydrogen-bond acceptors (Lipinski definition) is 5. The average Bonchev–Trinajstić information content (AvgIpc) is 3.27. The number of benzene rings is 1. The Kier molecular flexibility index (Phi) is 5.71. The zero-order valence-electron chi connectivity index (χ0n) is 17.6. The van der Waals surface area contributed by atoms with E-state index in [4.69, 9.17) is 9.15 Å². The molecule has 5 nitrogen and oxygen atoms in total. The number of nitrogens with one attached hydrogen (secondary N) is 1. The highest BCUT2D eigenvalue weighted by atomic mass is 19.4. The van der Waals surface area contributed by atoms with E-state index in [0.717, 1.165) is 12.1 Å². The largest absolute Gasteiger partial charge is 0.469 e. The van der Waals surface area contributed by atoms with E-state index in [2.05, 4.69) is 5.32 Å². The maximum atomic E-state index is 13.4. The van der Waals surface area contributed by atoms with Gasteiger partial charge in [-0.05, 0) is 44.0 Å². The second-order valence-corrected chi connectivity index (χ2v) is 7.88. The number of rotatable bonds is 4. The summed E-state index contributed by atoms with van der Waals surface area (Å²) in [6.45, 7) is 3.41. The molecule has 2 atom stereocenters. The zero-order valence-corrected chi connectivity index (χ0v) is 17.6. The summed E-state index contributed by atoms with van der Waals surface area (Å²) in [6, 6.07) is 8.30. The minimum atomic E-state index is -4.55. The Bertz CT molecular complexity index is 1110. The van der Waals surface area contributed by atoms with Crippen LogP contribution in [-0.2, 0) is 20.5 Å². The number of carbonyl (C=O) groups is 2. The molecule has 0 amide bonds. The van der Waals surface area contributed by atoms with Crippen molar-refractivity contribution in [2.45, 2.75) is 44.7 Å². The smallest absolute Gasteiger partial charge is 0.416 e. The molecule has 2 heterocycles. The molecule has 0 spiro atoms. The van der Waals surface area contributed by atoms with Crippen LogP contribution in [0.3, 0.4) is 0 Å². The van der Waals surface area contributed by atoms with Crippen molar-refractivity contribution in [3.63, 3.8) is 0 Å². The second kappa shape index (κ2) is 8.33. The number of ether oxygens (including phenoxy) is 1. The van der Waals surface area contributed by atoms with Gasteiger partial charge in [-0.25, -0.2) is 4.79 Å². The predicted molar refractivity (Wildman–Crippen MR) is 109 cm³/mol. The third-order valence-corrected chi connectivity index (χ3v) is 5.82. The molecule has 8 heteroatoms. The number of carbonyl (C=O) groups excluding carboxylic acids is 2. The van der Waals surface area contributed by atoms with Crippen molar-refractivity contribution in [2.75, 3.05) is 6.61 Å². The Morgan fingerprint density at radius 3 is 2.66 bits per heavy atom. The van der Waals surface area contributed by atoms with Gasteiger partial charge in [-0.1, -0.05) is 18.2 Å². The number of hydrogen-bond donors (Lipinski definition) is 1. The van der Waals surface area contributed by atoms with Crippen LogP contribution in [0.4, 0.5) is 13.2 Å². The van der Waals surface area contributed by atoms with Gasteiger partial charge in [-0.3, -0.25) is 4.79 Å². The van der Waals surface area contributed by atoms with E-state index >= 15 is 0 Å². The Morgan fingerprint density at radius 1 is 1.22 bits per heavy atom. The molecule has 1 aliphatic carbocycles. The van der Waals surface area contributed by atoms with Crippen molar-refractivity contribution in [3.8, 4) is 0 Å². The van der Waals surface area contributed by atoms with Gasteiger partial charge in [0.2, 0.25) is 0 Å². The number of ketones is 1. The number of Topliss-reactive ketones (excluding diaryl/α,β-unsaturated/α-hetero) is 1. The molecular formula is C24H22F3NO4. The molecule has 0 bridgehead atoms. The molecule has 32 heavy (non-hydrogen) atoms. The van der Waals surface area contributed by atoms with Gasteiger partial charge in [0.15, 0.2) is 5.78 Å². The van der Waals surface area contributed by atoms with Crippen LogP contribution in [0.25, 0.3) is 0 Å². The third-order valence-electron chi connectivity index (χ3n) is 5.82. The van der Waals surface area contributed by atoms with E-state index in [1.54, 1.807) is 26.0 Å². The predicted octanol–water partition coefficient (Wildman–Crippen LogP) is 5.22. The summed E-state index contributed by atoms with van der Waals surface area (Å²) in [7, 11) is 0. The minimum Gasteiger partial charge on any atom is -0.469 e. The van der Waals surface area contributed by atoms with Crippen LogP contribution in [0, 0.1) is 0 Å². The summed E-state index contributed by atoms with van der Waals surface area (Å²) in [5, 5.41) is 3.15. The van der Waals surface area contributed by atoms with Gasteiger partial charge >= 0.3 is 12.1 Å². The molecule has 2 aromatic rings. The van der Waals surface area contributed by atoms with Crippen molar-refractivity contribution in [1.82, 2.24) is 5.32 Å². The molecule has 1 N–H and O–H groups in total. The molecule has 2 aliphatic rings. The van der Waals surface area contributed by atoms with Gasteiger partial charge in [0.1, 0.15) is 5.76 Å². The fourth-order valence-corrected chi connectivity index (χ4v) is 4.47. The lowest BCUT2D eigenvalue weighted by Gasteiger charge is -2.36. The number of alkyl halides is 3. The lowest BCUT2D eigenvalue weighted by atomic mass is 9.72. The number of dihydropyridines is 1. The highest BCUT2D eigenvalue weighted by Gasteiger charge is 2.42. The fraction of sp³-hybridized carbons (Fsp3) is 0.333. The normalized spacial score (nSPS) is 21.3. The van der Waals surface area contributed by atoms with Crippen molar-refractivity contribution in [3.05, 3.63) is 82.1 Å². The third kappa shape index (κ3) is 3.97. The van der Waals surface area contributed by atoms with Crippen LogP contribution < -0.4 is 5.32 Å². The summed E-state index contributed by atoms with van der Waals surface area (Å²) in [6.07, 6.45) is -2.44. The summed E-state index contributed by atoms with van der Waals surface area (Å²) < 4.78 is 50.9. The first-order valence-electron chi connectivity index (χ1n) is 10.3. The van der Waals surface area contributed by atoms with Gasteiger partial charge in [-0.2, -0.15) is 13.2 Å². The topological polar surface area (TPSA) is 68.5 Å². The summed E-state index contributed by atoms with van der Waals surface area (Å²) >= 11 is 0. The average molecular weight is 445 g/mol. The zero-order chi connectivity index (χ0) is 23.0. The standard InChI is InChI=1S/C24H22F3NO4/c1-3-31-23(30)20-13(2)28-17-11-15(19-8-5-9-32-19)12-18(29)22(17)21(20)14-6-4-7-16(10-14)24(25,26)27/h4-10,15,21,28H,3,11-12H2,1-2H3/t15-,21-/m1/s1. The maximum Gasteiger partial charge on any atom is 0.416 e. The molecule has 1 aliphatic heterocycles. The fourth-order valence-electron chi connectivity index (χ4n) is 4.47. The Balaban J connectivity index is 1.84. The molecule has 0 saturated heterocycles. The lowest BCUT2D eigenvalue weighted by molar-refractivity contribution is -0.139. The molecule has 1 aromatic heterocycles. The molecule has 4 rings (SSSR count). The Hall–Kier alpha value is -3.29. The maximum absolute atomic E-state index is 13.4. The van der Waals surface area contributed by atoms with Crippen molar-refractivity contribution < 1.29 is 31.9 Å². The summed E-state index contributed by atoms with van der Waals surface area (Å²) in [5.74, 6) is -1.37. The second-order valence-electron chi connectivity index (χ2n) is 7.88. The number of furan rings is 1. The highest BCUT2D eigenvalue weighted by molar-refractivity contribution is 6.04. The lowest BCUT2D eigenvalue weighted by Crippen LogP contribution is -2.36. The Labute approximate surface area is 182 Å². The van der Waals surface area contributed by atoms with Gasteiger partial charge in [0.25, 0.3) is 0 Å². The van der Waals surface area contributed by atoms with Crippen LogP contribution in [0.1, 0.15) is 55.4 Å². The molecule has 168 valence electrons. The number of esters is 1. The highest BCUT2D eigenvalue weighted by Crippen LogP contribution is 2.46. The van der Waals surface area contributed by atoms with Crippen molar-refractivity contribution in [1.29, 1.82) is 0 Å². The van der Waals surface area contributed by atoms with Crippen LogP contribution in [-0.4, -0.2) is 18.4 Å². The van der Waals surface area contributed by atoms with Crippen molar-refractivity contribution >= 4 is 11.8 Å². The summed E-state index contributed by atoms with van der Waals surface area (Å²) in [5.41, 5.74) is 0.887. The first kappa shape index (κ1) is 21.9. The molecule has 0 radical (unpaired) electrons. The molecule has 0 unspecified atom stereocenters. The van der Waals surface area contributed by atoms with E-state index < -0.39 is 23.6 Å². The van der Waals surface area contributed by atoms with E-state index in [1.165, 1.54) is 18.4 Å². The molecule has 1 aromatic carbocycles. The Morgan fingerprint density at radius 2 is 2.00 bits per heavy atom. The first-order valence-corrected chi connectivity index (χ1v) is 10.3. The van der Waals surface area contributed by atoms with Gasteiger partial charge in [0.05, 0.1) is 24.0 Å². The van der Waals surface area contributed by atoms with Gasteiger partial charge in [0, 0.05) is 35.2 Å². The number of halogens is 3. The van der Waals surface area contributed by atoms with E-state index in [1.807, 2.05) is 0 Å². The van der Waals surface area contributed by atoms with E-state index in [-0.39, 0.29) is 35.9 Å². The number of allylic oxidation sites excluding steroid dienone is 3. The monoisotopic (exact) mass is 445 g/mol. The summed E-state index contributed by atoms with van der Waals surface area (Å²) in [4.78, 5) is 26.1. The first-order chi connectivity index (χ1) is 15.2. The van der Waals surface area contributed by atoms with Crippen molar-refractivity contribution in [2.24, 2.45) is 0 Å². The SMILES string of the molecule is CCOC(=O)C1=C(C)NC2=C(C(=O)C[C@H](c3ccco3)C2)[C@@H]1c1cccc(C(F)(F)F)c1. The molecule has 0 fully saturated rings. The van der Waals surface area contributed by atoms with Crippen LogP contribution in [0.5, 0.6) is 0 Å². The molecular weight excluding hydrogens is 423 g/mol. The van der Waals surface area contributed by atoms with Gasteiger partial charge in [-0.15, -0.1) is 0 Å². The van der Waals surface area contributed by atoms with Crippen LogP contribution in [0.2, 0.25) is 0 Å². The molecule has 0 saturated carbocycles. The van der Waals surface area contributed by atoms with Gasteiger partial charge < -0.3 is 14.5 Å². The quantitative estimate of drug-likeness (QED) is 0.654. The van der Waals surface area contributed by atoms with Crippen LogP contribution in [0.15, 0.2) is 69.6 Å². The van der Waals surface area contributed by atoms with E-state index in [0.29, 0.717) is 29.1 Å².